The van der Waals surface area contributed by atoms with Gasteiger partial charge in [0, 0.05) is 18.6 Å². The SMILES string of the molecule is CC(C)CCN(CC(C#N)NC1CC1)C1CC1. The van der Waals surface area contributed by atoms with Gasteiger partial charge < -0.3 is 0 Å². The van der Waals surface area contributed by atoms with Crippen molar-refractivity contribution in [2.45, 2.75) is 64.1 Å². The van der Waals surface area contributed by atoms with Crippen LogP contribution in [0, 0.1) is 17.2 Å². The van der Waals surface area contributed by atoms with E-state index < -0.39 is 0 Å². The van der Waals surface area contributed by atoms with Crippen LogP contribution < -0.4 is 5.32 Å². The number of hydrogen-bond acceptors (Lipinski definition) is 3. The van der Waals surface area contributed by atoms with Crippen LogP contribution in [0.1, 0.15) is 46.0 Å². The van der Waals surface area contributed by atoms with E-state index in [0.717, 1.165) is 25.0 Å². The van der Waals surface area contributed by atoms with E-state index >= 15 is 0 Å². The molecule has 0 amide bonds. The monoisotopic (exact) mass is 235 g/mol. The smallest absolute Gasteiger partial charge is 0.108 e. The fraction of sp³-hybridized carbons (Fsp3) is 0.929. The van der Waals surface area contributed by atoms with Gasteiger partial charge in [0.25, 0.3) is 0 Å². The topological polar surface area (TPSA) is 39.1 Å². The number of nitrogens with one attached hydrogen (secondary N) is 1. The molecule has 1 N–H and O–H groups in total. The molecular formula is C14H25N3. The van der Waals surface area contributed by atoms with Crippen molar-refractivity contribution in [1.29, 1.82) is 5.26 Å². The molecule has 0 spiro atoms. The number of hydrogen-bond donors (Lipinski definition) is 1. The van der Waals surface area contributed by atoms with Crippen molar-refractivity contribution < 1.29 is 0 Å². The number of nitrogens with zero attached hydrogens (tertiary/aromatic N) is 2. The first-order chi connectivity index (χ1) is 8.19. The van der Waals surface area contributed by atoms with Crippen molar-refractivity contribution >= 4 is 0 Å². The largest absolute Gasteiger partial charge is 0.298 e. The van der Waals surface area contributed by atoms with Crippen LogP contribution >= 0.6 is 0 Å². The van der Waals surface area contributed by atoms with Crippen LogP contribution in [0.4, 0.5) is 0 Å². The molecule has 0 heterocycles. The summed E-state index contributed by atoms with van der Waals surface area (Å²) >= 11 is 0. The highest BCUT2D eigenvalue weighted by molar-refractivity contribution is 4.99. The molecule has 0 aliphatic heterocycles. The van der Waals surface area contributed by atoms with E-state index in [4.69, 9.17) is 0 Å². The zero-order valence-corrected chi connectivity index (χ0v) is 11.2. The van der Waals surface area contributed by atoms with E-state index in [-0.39, 0.29) is 6.04 Å². The van der Waals surface area contributed by atoms with E-state index in [2.05, 4.69) is 30.1 Å². The summed E-state index contributed by atoms with van der Waals surface area (Å²) in [6.45, 7) is 6.63. The Morgan fingerprint density at radius 1 is 1.29 bits per heavy atom. The maximum absolute atomic E-state index is 9.19. The van der Waals surface area contributed by atoms with Gasteiger partial charge in [-0.3, -0.25) is 10.2 Å². The molecule has 3 heteroatoms. The summed E-state index contributed by atoms with van der Waals surface area (Å²) in [7, 11) is 0. The highest BCUT2D eigenvalue weighted by atomic mass is 15.2. The van der Waals surface area contributed by atoms with Crippen molar-refractivity contribution in [3.63, 3.8) is 0 Å². The van der Waals surface area contributed by atoms with Crippen LogP contribution in [-0.4, -0.2) is 36.1 Å². The van der Waals surface area contributed by atoms with E-state index in [1.54, 1.807) is 0 Å². The molecule has 1 unspecified atom stereocenters. The Labute approximate surface area is 105 Å². The van der Waals surface area contributed by atoms with Gasteiger partial charge in [0.15, 0.2) is 0 Å². The summed E-state index contributed by atoms with van der Waals surface area (Å²) < 4.78 is 0. The Bertz CT molecular complexity index is 274. The summed E-state index contributed by atoms with van der Waals surface area (Å²) in [5.74, 6) is 0.758. The van der Waals surface area contributed by atoms with Crippen molar-refractivity contribution in [2.75, 3.05) is 13.1 Å². The predicted octanol–water partition coefficient (Wildman–Crippen LogP) is 2.14. The van der Waals surface area contributed by atoms with E-state index in [9.17, 15) is 5.26 Å². The molecule has 0 aromatic rings. The zero-order chi connectivity index (χ0) is 12.3. The molecule has 0 aromatic heterocycles. The second-order valence-electron chi connectivity index (χ2n) is 6.03. The van der Waals surface area contributed by atoms with E-state index in [1.165, 1.54) is 32.1 Å². The fourth-order valence-corrected chi connectivity index (χ4v) is 2.19. The van der Waals surface area contributed by atoms with Gasteiger partial charge in [-0.25, -0.2) is 0 Å². The average molecular weight is 235 g/mol. The van der Waals surface area contributed by atoms with Crippen LogP contribution in [0.25, 0.3) is 0 Å². The lowest BCUT2D eigenvalue weighted by molar-refractivity contribution is 0.233. The van der Waals surface area contributed by atoms with Gasteiger partial charge in [-0.2, -0.15) is 5.26 Å². The van der Waals surface area contributed by atoms with Crippen molar-refractivity contribution in [3.05, 3.63) is 0 Å². The first-order valence-electron chi connectivity index (χ1n) is 7.08. The van der Waals surface area contributed by atoms with Crippen LogP contribution in [0.5, 0.6) is 0 Å². The Kier molecular flexibility index (Phi) is 4.42. The molecule has 2 aliphatic carbocycles. The predicted molar refractivity (Wildman–Crippen MR) is 69.6 cm³/mol. The molecule has 0 aromatic carbocycles. The van der Waals surface area contributed by atoms with Gasteiger partial charge in [0.1, 0.15) is 6.04 Å². The normalized spacial score (nSPS) is 21.8. The van der Waals surface area contributed by atoms with Crippen molar-refractivity contribution in [2.24, 2.45) is 5.92 Å². The lowest BCUT2D eigenvalue weighted by Crippen LogP contribution is -2.42. The summed E-state index contributed by atoms with van der Waals surface area (Å²) in [4.78, 5) is 2.53. The molecule has 2 aliphatic rings. The number of rotatable bonds is 8. The molecule has 17 heavy (non-hydrogen) atoms. The molecule has 2 fully saturated rings. The maximum atomic E-state index is 9.19. The Balaban J connectivity index is 1.76. The highest BCUT2D eigenvalue weighted by Crippen LogP contribution is 2.28. The lowest BCUT2D eigenvalue weighted by atomic mass is 10.1. The Morgan fingerprint density at radius 2 is 2.00 bits per heavy atom. The Hall–Kier alpha value is -0.590. The average Bonchev–Trinajstić information content (AvgIpc) is 3.14. The molecule has 1 atom stereocenters. The molecule has 2 saturated carbocycles. The summed E-state index contributed by atoms with van der Waals surface area (Å²) in [5.41, 5.74) is 0. The van der Waals surface area contributed by atoms with Gasteiger partial charge >= 0.3 is 0 Å². The van der Waals surface area contributed by atoms with Gasteiger partial charge in [-0.15, -0.1) is 0 Å². The molecule has 2 rings (SSSR count). The zero-order valence-electron chi connectivity index (χ0n) is 11.2. The van der Waals surface area contributed by atoms with E-state index in [1.807, 2.05) is 0 Å². The van der Waals surface area contributed by atoms with Crippen LogP contribution in [-0.2, 0) is 0 Å². The van der Waals surface area contributed by atoms with Crippen molar-refractivity contribution in [3.8, 4) is 6.07 Å². The Morgan fingerprint density at radius 3 is 2.47 bits per heavy atom. The standard InChI is InChI=1S/C14H25N3/c1-11(2)7-8-17(14-5-6-14)10-13(9-15)16-12-3-4-12/h11-14,16H,3-8,10H2,1-2H3. The third-order valence-electron chi connectivity index (χ3n) is 3.64. The van der Waals surface area contributed by atoms with Crippen LogP contribution in [0.3, 0.4) is 0 Å². The minimum absolute atomic E-state index is 0.0373. The minimum atomic E-state index is 0.0373. The van der Waals surface area contributed by atoms with Gasteiger partial charge in [0.2, 0.25) is 0 Å². The number of nitriles is 1. The van der Waals surface area contributed by atoms with Gasteiger partial charge in [-0.1, -0.05) is 13.8 Å². The van der Waals surface area contributed by atoms with Gasteiger partial charge in [-0.05, 0) is 44.6 Å². The minimum Gasteiger partial charge on any atom is -0.298 e. The van der Waals surface area contributed by atoms with E-state index in [0.29, 0.717) is 6.04 Å². The second-order valence-corrected chi connectivity index (χ2v) is 6.03. The molecule has 96 valence electrons. The van der Waals surface area contributed by atoms with Crippen LogP contribution in [0.15, 0.2) is 0 Å². The lowest BCUT2D eigenvalue weighted by Gasteiger charge is -2.25. The molecule has 3 nitrogen and oxygen atoms in total. The van der Waals surface area contributed by atoms with Crippen LogP contribution in [0.2, 0.25) is 0 Å². The third-order valence-corrected chi connectivity index (χ3v) is 3.64. The maximum Gasteiger partial charge on any atom is 0.108 e. The quantitative estimate of drug-likeness (QED) is 0.700. The third kappa shape index (κ3) is 4.65. The first-order valence-corrected chi connectivity index (χ1v) is 7.08. The summed E-state index contributed by atoms with van der Waals surface area (Å²) in [6.07, 6.45) is 6.43. The molecule has 0 radical (unpaired) electrons. The second kappa shape index (κ2) is 5.84. The highest BCUT2D eigenvalue weighted by Gasteiger charge is 2.32. The molecule has 0 bridgehead atoms. The molecule has 0 saturated heterocycles. The van der Waals surface area contributed by atoms with Gasteiger partial charge in [0.05, 0.1) is 6.07 Å². The summed E-state index contributed by atoms with van der Waals surface area (Å²) in [6, 6.07) is 3.86. The van der Waals surface area contributed by atoms with Crippen molar-refractivity contribution in [1.82, 2.24) is 10.2 Å². The summed E-state index contributed by atoms with van der Waals surface area (Å²) in [5, 5.41) is 12.6. The molecular weight excluding hydrogens is 210 g/mol. The first kappa shape index (κ1) is 12.9. The fourth-order valence-electron chi connectivity index (χ4n) is 2.19.